The second-order valence-electron chi connectivity index (χ2n) is 9.04. The van der Waals surface area contributed by atoms with Gasteiger partial charge in [0, 0.05) is 30.7 Å². The molecule has 2 aliphatic rings. The lowest BCUT2D eigenvalue weighted by atomic mass is 9.96. The predicted molar refractivity (Wildman–Crippen MR) is 138 cm³/mol. The highest BCUT2D eigenvalue weighted by molar-refractivity contribution is 9.10. The summed E-state index contributed by atoms with van der Waals surface area (Å²) in [6, 6.07) is 26.7. The molecular formula is C28H28BrN3O2. The molecule has 0 spiro atoms. The maximum Gasteiger partial charge on any atom is 0.251 e. The Kier molecular flexibility index (Phi) is 6.63. The minimum Gasteiger partial charge on any atom is -0.290 e. The van der Waals surface area contributed by atoms with E-state index >= 15 is 0 Å². The van der Waals surface area contributed by atoms with Gasteiger partial charge in [0.05, 0.1) is 24.2 Å². The Morgan fingerprint density at radius 3 is 1.97 bits per heavy atom. The zero-order valence-electron chi connectivity index (χ0n) is 19.2. The number of nitrogens with zero attached hydrogens (tertiary/aromatic N) is 3. The number of amides is 2. The van der Waals surface area contributed by atoms with E-state index in [1.165, 1.54) is 16.0 Å². The minimum atomic E-state index is -0.394. The van der Waals surface area contributed by atoms with E-state index < -0.39 is 6.04 Å². The standard InChI is InChI=1S/C28H28BrN3O2/c1-20-12-13-24(23(29)18-20)32-26(33)19-25(28(32)34)30-14-16-31(17-15-30)27(21-8-4-2-5-9-21)22-10-6-3-7-11-22/h2-13,18,25,27H,14-17,19H2,1H3/t25-/m0/s1. The first-order valence-corrected chi connectivity index (χ1v) is 12.5. The van der Waals surface area contributed by atoms with Crippen molar-refractivity contribution in [2.75, 3.05) is 31.1 Å². The van der Waals surface area contributed by atoms with Crippen LogP contribution in [-0.2, 0) is 9.59 Å². The second-order valence-corrected chi connectivity index (χ2v) is 9.89. The molecule has 2 aliphatic heterocycles. The second kappa shape index (κ2) is 9.82. The van der Waals surface area contributed by atoms with Crippen LogP contribution in [0.3, 0.4) is 0 Å². The van der Waals surface area contributed by atoms with E-state index in [1.807, 2.05) is 37.3 Å². The molecule has 0 unspecified atom stereocenters. The van der Waals surface area contributed by atoms with Gasteiger partial charge in [0.2, 0.25) is 5.91 Å². The highest BCUT2D eigenvalue weighted by Gasteiger charge is 2.44. The molecule has 1 atom stereocenters. The van der Waals surface area contributed by atoms with Gasteiger partial charge in [0.25, 0.3) is 5.91 Å². The molecule has 2 heterocycles. The van der Waals surface area contributed by atoms with Gasteiger partial charge in [0.1, 0.15) is 0 Å². The minimum absolute atomic E-state index is 0.120. The van der Waals surface area contributed by atoms with Crippen molar-refractivity contribution in [3.05, 3.63) is 100 Å². The van der Waals surface area contributed by atoms with Gasteiger partial charge >= 0.3 is 0 Å². The van der Waals surface area contributed by atoms with Crippen molar-refractivity contribution in [3.8, 4) is 0 Å². The fourth-order valence-electron chi connectivity index (χ4n) is 5.14. The first kappa shape index (κ1) is 23.0. The summed E-state index contributed by atoms with van der Waals surface area (Å²) in [5.74, 6) is -0.251. The number of halogens is 1. The van der Waals surface area contributed by atoms with Gasteiger partial charge in [-0.1, -0.05) is 66.7 Å². The van der Waals surface area contributed by atoms with Crippen molar-refractivity contribution in [1.82, 2.24) is 9.80 Å². The number of hydrogen-bond acceptors (Lipinski definition) is 4. The lowest BCUT2D eigenvalue weighted by Gasteiger charge is -2.41. The lowest BCUT2D eigenvalue weighted by molar-refractivity contribution is -0.123. The van der Waals surface area contributed by atoms with Gasteiger partial charge < -0.3 is 0 Å². The van der Waals surface area contributed by atoms with E-state index in [0.29, 0.717) is 5.69 Å². The van der Waals surface area contributed by atoms with Gasteiger partial charge in [-0.15, -0.1) is 0 Å². The maximum atomic E-state index is 13.3. The Balaban J connectivity index is 1.32. The third kappa shape index (κ3) is 4.45. The highest BCUT2D eigenvalue weighted by atomic mass is 79.9. The summed E-state index contributed by atoms with van der Waals surface area (Å²) in [6.07, 6.45) is 0.236. The molecule has 34 heavy (non-hydrogen) atoms. The van der Waals surface area contributed by atoms with Crippen molar-refractivity contribution in [1.29, 1.82) is 0 Å². The summed E-state index contributed by atoms with van der Waals surface area (Å²) in [6.45, 7) is 5.16. The van der Waals surface area contributed by atoms with Crippen molar-refractivity contribution >= 4 is 33.4 Å². The van der Waals surface area contributed by atoms with Crippen molar-refractivity contribution in [2.24, 2.45) is 0 Å². The van der Waals surface area contributed by atoms with Crippen LogP contribution in [0.4, 0.5) is 5.69 Å². The zero-order chi connectivity index (χ0) is 23.7. The van der Waals surface area contributed by atoms with Gasteiger partial charge in [-0.3, -0.25) is 19.4 Å². The van der Waals surface area contributed by atoms with Gasteiger partial charge in [0.15, 0.2) is 0 Å². The molecule has 0 saturated carbocycles. The summed E-state index contributed by atoms with van der Waals surface area (Å²) in [5, 5.41) is 0. The van der Waals surface area contributed by atoms with Crippen LogP contribution in [-0.4, -0.2) is 53.8 Å². The number of rotatable bonds is 5. The Hall–Kier alpha value is -2.80. The first-order valence-electron chi connectivity index (χ1n) is 11.7. The molecule has 0 aromatic heterocycles. The van der Waals surface area contributed by atoms with E-state index in [2.05, 4.69) is 74.3 Å². The van der Waals surface area contributed by atoms with Crippen LogP contribution in [0.1, 0.15) is 29.2 Å². The average Bonchev–Trinajstić information content (AvgIpc) is 3.15. The van der Waals surface area contributed by atoms with Crippen LogP contribution in [0.5, 0.6) is 0 Å². The Morgan fingerprint density at radius 2 is 1.41 bits per heavy atom. The van der Waals surface area contributed by atoms with Crippen LogP contribution in [0.2, 0.25) is 0 Å². The third-order valence-electron chi connectivity index (χ3n) is 6.85. The van der Waals surface area contributed by atoms with E-state index in [4.69, 9.17) is 0 Å². The Labute approximate surface area is 209 Å². The van der Waals surface area contributed by atoms with Crippen molar-refractivity contribution in [3.63, 3.8) is 0 Å². The Bertz CT molecular complexity index is 1140. The molecule has 6 heteroatoms. The first-order chi connectivity index (χ1) is 16.5. The van der Waals surface area contributed by atoms with Crippen LogP contribution in [0, 0.1) is 6.92 Å². The van der Waals surface area contributed by atoms with Crippen LogP contribution < -0.4 is 4.90 Å². The van der Waals surface area contributed by atoms with Gasteiger partial charge in [-0.05, 0) is 51.7 Å². The average molecular weight is 518 g/mol. The number of imide groups is 1. The number of carbonyl (C=O) groups is 2. The molecular weight excluding hydrogens is 490 g/mol. The predicted octanol–water partition coefficient (Wildman–Crippen LogP) is 4.80. The summed E-state index contributed by atoms with van der Waals surface area (Å²) in [4.78, 5) is 32.2. The molecule has 174 valence electrons. The maximum absolute atomic E-state index is 13.3. The largest absolute Gasteiger partial charge is 0.290 e. The third-order valence-corrected chi connectivity index (χ3v) is 7.49. The molecule has 0 N–H and O–H groups in total. The molecule has 2 amide bonds. The summed E-state index contributed by atoms with van der Waals surface area (Å²) in [7, 11) is 0. The SMILES string of the molecule is Cc1ccc(N2C(=O)C[C@H](N3CCN(C(c4ccccc4)c4ccccc4)CC3)C2=O)c(Br)c1. The molecule has 3 aromatic carbocycles. The fraction of sp³-hybridized carbons (Fsp3) is 0.286. The van der Waals surface area contributed by atoms with Gasteiger partial charge in [-0.2, -0.15) is 0 Å². The number of piperazine rings is 1. The zero-order valence-corrected chi connectivity index (χ0v) is 20.8. The number of carbonyl (C=O) groups excluding carboxylic acids is 2. The van der Waals surface area contributed by atoms with Gasteiger partial charge in [-0.25, -0.2) is 4.90 Å². The molecule has 5 rings (SSSR count). The molecule has 0 bridgehead atoms. The molecule has 5 nitrogen and oxygen atoms in total. The number of hydrogen-bond donors (Lipinski definition) is 0. The quantitative estimate of drug-likeness (QED) is 0.456. The van der Waals surface area contributed by atoms with E-state index in [0.717, 1.165) is 36.2 Å². The normalized spacial score (nSPS) is 19.9. The molecule has 3 aromatic rings. The smallest absolute Gasteiger partial charge is 0.251 e. The molecule has 2 fully saturated rings. The Morgan fingerprint density at radius 1 is 0.824 bits per heavy atom. The summed E-state index contributed by atoms with van der Waals surface area (Å²) >= 11 is 3.53. The molecule has 2 saturated heterocycles. The summed E-state index contributed by atoms with van der Waals surface area (Å²) in [5.41, 5.74) is 4.25. The van der Waals surface area contributed by atoms with Crippen molar-refractivity contribution < 1.29 is 9.59 Å². The monoisotopic (exact) mass is 517 g/mol. The van der Waals surface area contributed by atoms with E-state index in [9.17, 15) is 9.59 Å². The van der Waals surface area contributed by atoms with Crippen LogP contribution in [0.15, 0.2) is 83.3 Å². The fourth-order valence-corrected chi connectivity index (χ4v) is 5.81. The number of benzene rings is 3. The lowest BCUT2D eigenvalue weighted by Crippen LogP contribution is -2.53. The molecule has 0 aliphatic carbocycles. The van der Waals surface area contributed by atoms with Crippen molar-refractivity contribution in [2.45, 2.75) is 25.4 Å². The van der Waals surface area contributed by atoms with Crippen LogP contribution in [0.25, 0.3) is 0 Å². The summed E-state index contributed by atoms with van der Waals surface area (Å²) < 4.78 is 0.772. The van der Waals surface area contributed by atoms with Crippen LogP contribution >= 0.6 is 15.9 Å². The van der Waals surface area contributed by atoms with E-state index in [-0.39, 0.29) is 24.3 Å². The molecule has 0 radical (unpaired) electrons. The number of anilines is 1. The topological polar surface area (TPSA) is 43.9 Å². The van der Waals surface area contributed by atoms with E-state index in [1.54, 1.807) is 0 Å². The highest BCUT2D eigenvalue weighted by Crippen LogP contribution is 2.34. The number of aryl methyl sites for hydroxylation is 1.